The first-order chi connectivity index (χ1) is 71.9. The SMILES string of the molecule is Cc1cc2c(c3ccccc13)-c1c(cc(C)c3ccccc13)C2.Cc1cc2ccc3cc(C)cc4ccc(c1)c2c34.Cc1ccc2c(c1)-c1cc(C)ccc1C2.Cc1ccc2c(c1)Cc1cc(C)c3ccccc3c1-2.Cc1ccc2c(c1)Cc1cc(C)ccc1-2.Cc1ccc2c3ccc(C)cc3c3ccccc3c2c1.Cc1ccc2c3ccccc3c3ccc(C)cc3c2c1.Cc1ccc2ccc3c(C)ccc4ccc1c2c43. The van der Waals surface area contributed by atoms with Gasteiger partial charge in [0.05, 0.1) is 0 Å². The molecule has 0 fully saturated rings. The molecule has 0 atom stereocenters. The van der Waals surface area contributed by atoms with E-state index in [0.29, 0.717) is 0 Å². The zero-order valence-electron chi connectivity index (χ0n) is 87.9. The fourth-order valence-electron chi connectivity index (χ4n) is 25.2. The molecule has 27 aromatic carbocycles. The van der Waals surface area contributed by atoms with E-state index in [1.54, 1.807) is 0 Å². The van der Waals surface area contributed by atoms with E-state index < -0.39 is 0 Å². The highest BCUT2D eigenvalue weighted by Gasteiger charge is 2.28. The van der Waals surface area contributed by atoms with Crippen LogP contribution < -0.4 is 0 Å². The molecule has 0 saturated heterocycles. The zero-order chi connectivity index (χ0) is 101. The Labute approximate surface area is 870 Å². The van der Waals surface area contributed by atoms with Crippen LogP contribution in [0.2, 0.25) is 0 Å². The minimum absolute atomic E-state index is 1.06. The van der Waals surface area contributed by atoms with Gasteiger partial charge in [0.1, 0.15) is 0 Å². The Bertz CT molecular complexity index is 9500. The summed E-state index contributed by atoms with van der Waals surface area (Å²) in [5, 5.41) is 41.1. The van der Waals surface area contributed by atoms with Crippen molar-refractivity contribution in [1.29, 1.82) is 0 Å². The molecule has 148 heavy (non-hydrogen) atoms. The van der Waals surface area contributed by atoms with Gasteiger partial charge < -0.3 is 0 Å². The van der Waals surface area contributed by atoms with E-state index in [1.807, 2.05) is 0 Å². The second kappa shape index (κ2) is 38.1. The van der Waals surface area contributed by atoms with Gasteiger partial charge in [0.25, 0.3) is 0 Å². The number of aryl methyl sites for hydroxylation is 16. The van der Waals surface area contributed by atoms with Crippen LogP contribution in [0, 0.1) is 111 Å². The van der Waals surface area contributed by atoms with Gasteiger partial charge in [-0.3, -0.25) is 0 Å². The maximum Gasteiger partial charge on any atom is -0.00128 e. The van der Waals surface area contributed by atoms with Crippen molar-refractivity contribution in [3.05, 3.63) is 534 Å². The topological polar surface area (TPSA) is 0 Å². The summed E-state index contributed by atoms with van der Waals surface area (Å²) in [7, 11) is 0. The van der Waals surface area contributed by atoms with E-state index in [1.165, 1.54) is 340 Å². The fraction of sp³-hybridized carbons (Fsp3) is 0.135. The minimum atomic E-state index is 1.06. The Morgan fingerprint density at radius 2 is 0.351 bits per heavy atom. The van der Waals surface area contributed by atoms with Crippen molar-refractivity contribution in [2.75, 3.05) is 0 Å². The van der Waals surface area contributed by atoms with Gasteiger partial charge in [-0.25, -0.2) is 0 Å². The summed E-state index contributed by atoms with van der Waals surface area (Å²) in [6.45, 7) is 34.9. The molecule has 0 saturated carbocycles. The van der Waals surface area contributed by atoms with Crippen molar-refractivity contribution in [3.8, 4) is 44.5 Å². The number of hydrogen-bond donors (Lipinski definition) is 0. The smallest absolute Gasteiger partial charge is 0.00128 e. The summed E-state index contributed by atoms with van der Waals surface area (Å²) in [6.07, 6.45) is 4.35. The molecular weight excluding hydrogens is 1780 g/mol. The van der Waals surface area contributed by atoms with Crippen molar-refractivity contribution in [1.82, 2.24) is 0 Å². The predicted octanol–water partition coefficient (Wildman–Crippen LogP) is 40.9. The first-order valence-corrected chi connectivity index (χ1v) is 52.9. The number of fused-ring (bicyclic) bond motifs is 30. The molecule has 0 heteroatoms. The fourth-order valence-corrected chi connectivity index (χ4v) is 25.2. The molecule has 0 aromatic heterocycles. The summed E-state index contributed by atoms with van der Waals surface area (Å²) in [4.78, 5) is 0. The Kier molecular flexibility index (Phi) is 24.1. The number of rotatable bonds is 0. The first-order valence-electron chi connectivity index (χ1n) is 52.9. The highest BCUT2D eigenvalue weighted by Crippen LogP contribution is 2.50. The molecule has 0 N–H and O–H groups in total. The van der Waals surface area contributed by atoms with Crippen LogP contribution in [0.25, 0.3) is 206 Å². The molecule has 0 aliphatic heterocycles. The lowest BCUT2D eigenvalue weighted by Crippen LogP contribution is -1.88. The van der Waals surface area contributed by atoms with Gasteiger partial charge in [-0.05, 0) is 426 Å². The third-order valence-electron chi connectivity index (χ3n) is 32.2. The third-order valence-corrected chi connectivity index (χ3v) is 32.2. The lowest BCUT2D eigenvalue weighted by atomic mass is 9.91. The Morgan fingerprint density at radius 3 is 0.716 bits per heavy atom. The molecule has 0 heterocycles. The van der Waals surface area contributed by atoms with Crippen LogP contribution in [0.3, 0.4) is 0 Å². The average molecular weight is 1900 g/mol. The Hall–Kier alpha value is -16.6. The van der Waals surface area contributed by atoms with Gasteiger partial charge in [-0.2, -0.15) is 0 Å². The predicted molar refractivity (Wildman–Crippen MR) is 645 cm³/mol. The second-order valence-corrected chi connectivity index (χ2v) is 43.1. The Morgan fingerprint density at radius 1 is 0.115 bits per heavy atom. The molecule has 0 bridgehead atoms. The molecule has 0 nitrogen and oxygen atoms in total. The van der Waals surface area contributed by atoms with E-state index in [9.17, 15) is 0 Å². The molecule has 4 aliphatic carbocycles. The zero-order valence-corrected chi connectivity index (χ0v) is 87.9. The Balaban J connectivity index is 0.0000000906. The van der Waals surface area contributed by atoms with Crippen molar-refractivity contribution < 1.29 is 0 Å². The molecule has 4 aliphatic rings. The van der Waals surface area contributed by atoms with E-state index in [-0.39, 0.29) is 0 Å². The van der Waals surface area contributed by atoms with E-state index >= 15 is 0 Å². The lowest BCUT2D eigenvalue weighted by molar-refractivity contribution is 1.24. The summed E-state index contributed by atoms with van der Waals surface area (Å²) < 4.78 is 0. The molecule has 714 valence electrons. The number of hydrogen-bond acceptors (Lipinski definition) is 0. The van der Waals surface area contributed by atoms with Crippen LogP contribution in [0.5, 0.6) is 0 Å². The minimum Gasteiger partial charge on any atom is -0.0616 e. The standard InChI is InChI=1S/C23H18.2C20H16.C19H16.2C18H14.2C15H14/c1-14-11-16-13-17-12-15(2)19-8-4-6-10-21(19)23(17)22(16)20-9-5-3-7-18(14)20;1-13-7-9-17-18-10-8-14(2)12-20(18)16-6-4-3-5-15(16)19(17)11-13;1-13-7-9-17-15-5-3-4-6-16(15)18-10-8-14(2)12-20(18)19(17)11-13;1-12-7-8-17-14(9-12)11-15-10-13(2)16-5-3-4-6-18(16)19(15)17;1-11-7-13-3-5-15-9-12(2)10-16-6-4-14(8-11)17(13)18(15)16;1-11-3-5-13-8-10-16-12(2)4-6-14-7-9-15(11)17(13)18(14)16;1-10-3-5-14-12(7-10)9-13-8-11(2)4-6-15(13)14;1-10-3-5-12-9-13-6-4-11(2)8-15(13)14(12)7-10/h3-12H,13H2,1-2H3;2*3-12H,1-2H3;3-10H,11H2,1-2H3;2*3-10H,1-2H3;2*3-8H,9H2,1-2H3. The maximum absolute atomic E-state index is 2.39. The maximum atomic E-state index is 2.39. The van der Waals surface area contributed by atoms with Gasteiger partial charge in [-0.1, -0.05) is 450 Å². The van der Waals surface area contributed by atoms with Crippen molar-refractivity contribution in [3.63, 3.8) is 0 Å². The molecule has 27 aromatic rings. The highest BCUT2D eigenvalue weighted by atomic mass is 14.3. The van der Waals surface area contributed by atoms with Crippen LogP contribution in [0.1, 0.15) is 134 Å². The molecule has 0 spiro atoms. The normalized spacial score (nSPS) is 12.1. The van der Waals surface area contributed by atoms with E-state index in [0.717, 1.165) is 25.7 Å². The van der Waals surface area contributed by atoms with Crippen LogP contribution in [0.4, 0.5) is 0 Å². The van der Waals surface area contributed by atoms with Crippen molar-refractivity contribution in [2.45, 2.75) is 136 Å². The van der Waals surface area contributed by atoms with Crippen LogP contribution in [-0.4, -0.2) is 0 Å². The summed E-state index contributed by atoms with van der Waals surface area (Å²) in [5.74, 6) is 0. The molecular formula is C148H122. The van der Waals surface area contributed by atoms with E-state index in [2.05, 4.69) is 511 Å². The lowest BCUT2D eigenvalue weighted by Gasteiger charge is -2.13. The van der Waals surface area contributed by atoms with Crippen molar-refractivity contribution in [2.24, 2.45) is 0 Å². The van der Waals surface area contributed by atoms with Crippen molar-refractivity contribution >= 4 is 162 Å². The quantitative estimate of drug-likeness (QED) is 0.133. The summed E-state index contributed by atoms with van der Waals surface area (Å²) in [5.41, 5.74) is 44.9. The van der Waals surface area contributed by atoms with Gasteiger partial charge in [0.15, 0.2) is 0 Å². The van der Waals surface area contributed by atoms with Gasteiger partial charge >= 0.3 is 0 Å². The molecule has 0 amide bonds. The van der Waals surface area contributed by atoms with Gasteiger partial charge in [0, 0.05) is 0 Å². The average Bonchev–Trinajstić information content (AvgIpc) is 1.60. The van der Waals surface area contributed by atoms with Gasteiger partial charge in [0.2, 0.25) is 0 Å². The third kappa shape index (κ3) is 17.1. The number of benzene rings is 27. The molecule has 0 unspecified atom stereocenters. The molecule has 31 rings (SSSR count). The monoisotopic (exact) mass is 1900 g/mol. The molecule has 0 radical (unpaired) electrons. The largest absolute Gasteiger partial charge is 0.0616 e. The van der Waals surface area contributed by atoms with Crippen LogP contribution in [0.15, 0.2) is 400 Å². The summed E-state index contributed by atoms with van der Waals surface area (Å²) >= 11 is 0. The van der Waals surface area contributed by atoms with Gasteiger partial charge in [-0.15, -0.1) is 0 Å². The van der Waals surface area contributed by atoms with E-state index in [4.69, 9.17) is 0 Å². The highest BCUT2D eigenvalue weighted by molar-refractivity contribution is 6.29. The van der Waals surface area contributed by atoms with Crippen LogP contribution in [-0.2, 0) is 25.7 Å². The second-order valence-electron chi connectivity index (χ2n) is 43.1. The van der Waals surface area contributed by atoms with Crippen LogP contribution >= 0.6 is 0 Å². The first kappa shape index (κ1) is 93.7. The summed E-state index contributed by atoms with van der Waals surface area (Å²) in [6, 6.07) is 148.